The number of benzene rings is 1. The van der Waals surface area contributed by atoms with Crippen LogP contribution < -0.4 is 4.74 Å². The highest BCUT2D eigenvalue weighted by Crippen LogP contribution is 2.32. The van der Waals surface area contributed by atoms with Crippen LogP contribution in [-0.2, 0) is 0 Å². The molecule has 1 aromatic rings. The molecule has 0 atom stereocenters. The van der Waals surface area contributed by atoms with Crippen LogP contribution in [0.25, 0.3) is 0 Å². The predicted molar refractivity (Wildman–Crippen MR) is 55.8 cm³/mol. The van der Waals surface area contributed by atoms with E-state index in [-0.39, 0.29) is 10.8 Å². The second-order valence-electron chi connectivity index (χ2n) is 2.08. The van der Waals surface area contributed by atoms with Crippen LogP contribution >= 0.6 is 45.8 Å². The van der Waals surface area contributed by atoms with Crippen molar-refractivity contribution in [3.05, 3.63) is 25.7 Å². The summed E-state index contributed by atoms with van der Waals surface area (Å²) in [7, 11) is 0. The van der Waals surface area contributed by atoms with E-state index >= 15 is 0 Å². The summed E-state index contributed by atoms with van der Waals surface area (Å²) in [5.41, 5.74) is 0. The molecule has 72 valence electrons. The van der Waals surface area contributed by atoms with Crippen molar-refractivity contribution in [2.45, 2.75) is 6.61 Å². The maximum atomic E-state index is 11.9. The molecule has 1 rings (SSSR count). The summed E-state index contributed by atoms with van der Waals surface area (Å²) in [5.74, 6) is -0.00639. The summed E-state index contributed by atoms with van der Waals surface area (Å²) < 4.78 is 28.3. The normalized spacial score (nSPS) is 10.6. The average Bonchev–Trinajstić information content (AvgIpc) is 1.98. The molecular formula is C7H3Cl2F2IO. The largest absolute Gasteiger partial charge is 0.434 e. The van der Waals surface area contributed by atoms with Gasteiger partial charge in [-0.25, -0.2) is 0 Å². The van der Waals surface area contributed by atoms with E-state index in [9.17, 15) is 8.78 Å². The molecule has 0 N–H and O–H groups in total. The third kappa shape index (κ3) is 3.11. The van der Waals surface area contributed by atoms with Gasteiger partial charge in [0.15, 0.2) is 0 Å². The third-order valence-corrected chi connectivity index (χ3v) is 3.12. The SMILES string of the molecule is FC(F)Oc1cc(Cl)cc(Cl)c1I. The molecule has 0 saturated carbocycles. The van der Waals surface area contributed by atoms with Crippen molar-refractivity contribution in [2.75, 3.05) is 0 Å². The first-order chi connectivity index (χ1) is 6.00. The number of halogens is 5. The lowest BCUT2D eigenvalue weighted by molar-refractivity contribution is -0.0504. The van der Waals surface area contributed by atoms with Gasteiger partial charge >= 0.3 is 6.61 Å². The molecule has 0 fully saturated rings. The zero-order valence-electron chi connectivity index (χ0n) is 6.03. The average molecular weight is 339 g/mol. The van der Waals surface area contributed by atoms with Gasteiger partial charge in [0.25, 0.3) is 0 Å². The molecule has 0 radical (unpaired) electrons. The van der Waals surface area contributed by atoms with Crippen molar-refractivity contribution in [3.8, 4) is 5.75 Å². The van der Waals surface area contributed by atoms with Crippen LogP contribution in [0.1, 0.15) is 0 Å². The van der Waals surface area contributed by atoms with Gasteiger partial charge in [-0.2, -0.15) is 8.78 Å². The highest BCUT2D eigenvalue weighted by atomic mass is 127. The molecule has 0 aliphatic rings. The van der Waals surface area contributed by atoms with E-state index in [2.05, 4.69) is 4.74 Å². The molecule has 0 unspecified atom stereocenters. The van der Waals surface area contributed by atoms with E-state index in [0.29, 0.717) is 8.59 Å². The Labute approximate surface area is 97.1 Å². The van der Waals surface area contributed by atoms with Crippen molar-refractivity contribution in [3.63, 3.8) is 0 Å². The minimum Gasteiger partial charge on any atom is -0.434 e. The van der Waals surface area contributed by atoms with E-state index in [0.717, 1.165) is 0 Å². The highest BCUT2D eigenvalue weighted by Gasteiger charge is 2.11. The van der Waals surface area contributed by atoms with Crippen molar-refractivity contribution in [1.82, 2.24) is 0 Å². The van der Waals surface area contributed by atoms with Crippen molar-refractivity contribution >= 4 is 45.8 Å². The number of rotatable bonds is 2. The Hall–Kier alpha value is 0.190. The standard InChI is InChI=1S/C7H3Cl2F2IO/c8-3-1-4(9)6(12)5(2-3)13-7(10)11/h1-2,7H. The molecule has 0 aliphatic heterocycles. The minimum absolute atomic E-state index is 0.00639. The lowest BCUT2D eigenvalue weighted by Gasteiger charge is -2.08. The summed E-state index contributed by atoms with van der Waals surface area (Å²) in [6.07, 6.45) is 0. The molecule has 0 amide bonds. The summed E-state index contributed by atoms with van der Waals surface area (Å²) in [5, 5.41) is 0.560. The fourth-order valence-electron chi connectivity index (χ4n) is 0.714. The van der Waals surface area contributed by atoms with Gasteiger partial charge in [-0.05, 0) is 28.7 Å². The highest BCUT2D eigenvalue weighted by molar-refractivity contribution is 14.1. The number of ether oxygens (including phenoxy) is 1. The van der Waals surface area contributed by atoms with Gasteiger partial charge in [0.1, 0.15) is 5.75 Å². The Bertz CT molecular complexity index is 320. The maximum absolute atomic E-state index is 11.9. The third-order valence-electron chi connectivity index (χ3n) is 1.18. The molecule has 0 aromatic heterocycles. The molecule has 1 nitrogen and oxygen atoms in total. The first-order valence-electron chi connectivity index (χ1n) is 3.10. The van der Waals surface area contributed by atoms with E-state index < -0.39 is 6.61 Å². The summed E-state index contributed by atoms with van der Waals surface area (Å²) in [6.45, 7) is -2.87. The summed E-state index contributed by atoms with van der Waals surface area (Å²) in [6, 6.07) is 2.75. The smallest absolute Gasteiger partial charge is 0.387 e. The Balaban J connectivity index is 3.05. The second kappa shape index (κ2) is 4.61. The van der Waals surface area contributed by atoms with Crippen LogP contribution in [0, 0.1) is 3.57 Å². The molecule has 0 heterocycles. The van der Waals surface area contributed by atoms with Crippen LogP contribution in [0.2, 0.25) is 10.0 Å². The molecular weight excluding hydrogens is 336 g/mol. The molecule has 13 heavy (non-hydrogen) atoms. The Kier molecular flexibility index (Phi) is 4.00. The van der Waals surface area contributed by atoms with Gasteiger partial charge in [0, 0.05) is 11.1 Å². The van der Waals surface area contributed by atoms with Crippen LogP contribution in [0.3, 0.4) is 0 Å². The van der Waals surface area contributed by atoms with Crippen LogP contribution in [0.5, 0.6) is 5.75 Å². The molecule has 0 saturated heterocycles. The van der Waals surface area contributed by atoms with Crippen LogP contribution in [-0.4, -0.2) is 6.61 Å². The first kappa shape index (κ1) is 11.3. The lowest BCUT2D eigenvalue weighted by atomic mass is 10.3. The fraction of sp³-hybridized carbons (Fsp3) is 0.143. The van der Waals surface area contributed by atoms with Gasteiger partial charge in [-0.3, -0.25) is 0 Å². The van der Waals surface area contributed by atoms with Gasteiger partial charge in [0.05, 0.1) is 8.59 Å². The molecule has 0 bridgehead atoms. The quantitative estimate of drug-likeness (QED) is 0.580. The molecule has 1 aromatic carbocycles. The van der Waals surface area contributed by atoms with Gasteiger partial charge < -0.3 is 4.74 Å². The predicted octanol–water partition coefficient (Wildman–Crippen LogP) is 4.20. The zero-order chi connectivity index (χ0) is 10.0. The van der Waals surface area contributed by atoms with Crippen molar-refractivity contribution in [1.29, 1.82) is 0 Å². The van der Waals surface area contributed by atoms with Crippen LogP contribution in [0.15, 0.2) is 12.1 Å². The van der Waals surface area contributed by atoms with Gasteiger partial charge in [0.2, 0.25) is 0 Å². The lowest BCUT2D eigenvalue weighted by Crippen LogP contribution is -2.03. The number of hydrogen-bond donors (Lipinski definition) is 0. The monoisotopic (exact) mass is 338 g/mol. The van der Waals surface area contributed by atoms with Crippen molar-refractivity contribution < 1.29 is 13.5 Å². The van der Waals surface area contributed by atoms with E-state index in [4.69, 9.17) is 23.2 Å². The number of hydrogen-bond acceptors (Lipinski definition) is 1. The van der Waals surface area contributed by atoms with E-state index in [1.54, 1.807) is 22.6 Å². The van der Waals surface area contributed by atoms with Gasteiger partial charge in [-0.15, -0.1) is 0 Å². The summed E-state index contributed by atoms with van der Waals surface area (Å²) in [4.78, 5) is 0. The minimum atomic E-state index is -2.87. The Morgan fingerprint density at radius 3 is 2.46 bits per heavy atom. The van der Waals surface area contributed by atoms with Crippen molar-refractivity contribution in [2.24, 2.45) is 0 Å². The molecule has 6 heteroatoms. The van der Waals surface area contributed by atoms with Crippen LogP contribution in [0.4, 0.5) is 8.78 Å². The second-order valence-corrected chi connectivity index (χ2v) is 4.00. The van der Waals surface area contributed by atoms with Gasteiger partial charge in [-0.1, -0.05) is 23.2 Å². The summed E-state index contributed by atoms with van der Waals surface area (Å²) >= 11 is 13.1. The molecule has 0 spiro atoms. The van der Waals surface area contributed by atoms with E-state index in [1.807, 2.05) is 0 Å². The first-order valence-corrected chi connectivity index (χ1v) is 4.93. The zero-order valence-corrected chi connectivity index (χ0v) is 9.70. The fourth-order valence-corrected chi connectivity index (χ4v) is 1.63. The number of alkyl halides is 2. The van der Waals surface area contributed by atoms with E-state index in [1.165, 1.54) is 12.1 Å². The molecule has 0 aliphatic carbocycles. The maximum Gasteiger partial charge on any atom is 0.387 e. The Morgan fingerprint density at radius 1 is 1.31 bits per heavy atom. The topological polar surface area (TPSA) is 9.23 Å². The Morgan fingerprint density at radius 2 is 1.92 bits per heavy atom.